The minimum absolute atomic E-state index is 0.0329. The van der Waals surface area contributed by atoms with E-state index in [0.717, 1.165) is 37.7 Å². The van der Waals surface area contributed by atoms with Crippen LogP contribution >= 0.6 is 11.3 Å². The minimum Gasteiger partial charge on any atom is -0.454 e. The number of ether oxygens (including phenoxy) is 2. The number of hydrogen-bond acceptors (Lipinski definition) is 7. The lowest BCUT2D eigenvalue weighted by Crippen LogP contribution is -2.38. The number of nitrogens with zero attached hydrogens (tertiary/aromatic N) is 2. The van der Waals surface area contributed by atoms with Gasteiger partial charge < -0.3 is 9.47 Å². The van der Waals surface area contributed by atoms with Gasteiger partial charge in [-0.2, -0.15) is 4.31 Å². The minimum atomic E-state index is -3.60. The van der Waals surface area contributed by atoms with Crippen LogP contribution in [-0.2, 0) is 10.0 Å². The standard InChI is InChI=1S/C24H25N3O5S2/c1-27(18-5-3-2-4-6-18)34(29,30)19-10-7-16(8-11-19)23(28)26-24-25-20(14-33-24)17-9-12-21-22(13-17)32-15-31-21/h7-14,18H,2-6,15H2,1H3,(H,25,26,28). The Balaban J connectivity index is 1.26. The van der Waals surface area contributed by atoms with E-state index in [2.05, 4.69) is 10.3 Å². The average molecular weight is 500 g/mol. The van der Waals surface area contributed by atoms with E-state index in [9.17, 15) is 13.2 Å². The van der Waals surface area contributed by atoms with Crippen molar-refractivity contribution in [2.45, 2.75) is 43.0 Å². The van der Waals surface area contributed by atoms with Crippen molar-refractivity contribution < 1.29 is 22.7 Å². The first kappa shape index (κ1) is 22.8. The van der Waals surface area contributed by atoms with Gasteiger partial charge in [-0.15, -0.1) is 11.3 Å². The van der Waals surface area contributed by atoms with Gasteiger partial charge in [0.15, 0.2) is 16.6 Å². The van der Waals surface area contributed by atoms with Crippen LogP contribution in [-0.4, -0.2) is 43.5 Å². The second kappa shape index (κ2) is 9.36. The lowest BCUT2D eigenvalue weighted by molar-refractivity contribution is 0.102. The molecule has 2 aromatic carbocycles. The number of amides is 1. The van der Waals surface area contributed by atoms with Gasteiger partial charge in [-0.25, -0.2) is 13.4 Å². The summed E-state index contributed by atoms with van der Waals surface area (Å²) in [5.74, 6) is 1.01. The summed E-state index contributed by atoms with van der Waals surface area (Å²) in [6.07, 6.45) is 5.04. The fraction of sp³-hybridized carbons (Fsp3) is 0.333. The van der Waals surface area contributed by atoms with Crippen molar-refractivity contribution in [1.82, 2.24) is 9.29 Å². The van der Waals surface area contributed by atoms with Crippen LogP contribution in [0.15, 0.2) is 52.7 Å². The van der Waals surface area contributed by atoms with Crippen molar-refractivity contribution in [3.8, 4) is 22.8 Å². The Morgan fingerprint density at radius 1 is 1.06 bits per heavy atom. The maximum Gasteiger partial charge on any atom is 0.257 e. The summed E-state index contributed by atoms with van der Waals surface area (Å²) >= 11 is 1.31. The maximum atomic E-state index is 13.0. The molecule has 10 heteroatoms. The molecule has 2 heterocycles. The number of carbonyl (C=O) groups is 1. The number of fused-ring (bicyclic) bond motifs is 1. The highest BCUT2D eigenvalue weighted by molar-refractivity contribution is 7.89. The topological polar surface area (TPSA) is 97.8 Å². The Kier molecular flexibility index (Phi) is 6.28. The predicted molar refractivity (Wildman–Crippen MR) is 130 cm³/mol. The van der Waals surface area contributed by atoms with E-state index in [1.807, 2.05) is 23.6 Å². The number of aromatic nitrogens is 1. The van der Waals surface area contributed by atoms with E-state index in [4.69, 9.17) is 9.47 Å². The number of sulfonamides is 1. The monoisotopic (exact) mass is 499 g/mol. The molecule has 1 saturated carbocycles. The highest BCUT2D eigenvalue weighted by Crippen LogP contribution is 2.36. The number of carbonyl (C=O) groups excluding carboxylic acids is 1. The van der Waals surface area contributed by atoms with E-state index in [1.54, 1.807) is 7.05 Å². The number of thiazole rings is 1. The first-order valence-electron chi connectivity index (χ1n) is 11.2. The van der Waals surface area contributed by atoms with E-state index >= 15 is 0 Å². The number of nitrogens with one attached hydrogen (secondary N) is 1. The molecule has 1 N–H and O–H groups in total. The van der Waals surface area contributed by atoms with Crippen LogP contribution in [0.4, 0.5) is 5.13 Å². The molecule has 5 rings (SSSR count). The van der Waals surface area contributed by atoms with Gasteiger partial charge in [0.2, 0.25) is 16.8 Å². The largest absolute Gasteiger partial charge is 0.454 e. The summed E-state index contributed by atoms with van der Waals surface area (Å²) < 4.78 is 38.2. The molecular weight excluding hydrogens is 474 g/mol. The zero-order valence-corrected chi connectivity index (χ0v) is 20.3. The van der Waals surface area contributed by atoms with Gasteiger partial charge in [0.1, 0.15) is 0 Å². The third-order valence-corrected chi connectivity index (χ3v) is 8.96. The number of anilines is 1. The van der Waals surface area contributed by atoms with Crippen LogP contribution in [0.5, 0.6) is 11.5 Å². The van der Waals surface area contributed by atoms with E-state index in [-0.39, 0.29) is 23.6 Å². The quantitative estimate of drug-likeness (QED) is 0.526. The fourth-order valence-corrected chi connectivity index (χ4v) is 6.40. The van der Waals surface area contributed by atoms with Crippen LogP contribution in [0.2, 0.25) is 0 Å². The predicted octanol–water partition coefficient (Wildman–Crippen LogP) is 4.74. The van der Waals surface area contributed by atoms with E-state index < -0.39 is 10.0 Å². The van der Waals surface area contributed by atoms with Crippen molar-refractivity contribution in [2.24, 2.45) is 0 Å². The Morgan fingerprint density at radius 2 is 1.79 bits per heavy atom. The third kappa shape index (κ3) is 4.53. The van der Waals surface area contributed by atoms with Crippen molar-refractivity contribution >= 4 is 32.4 Å². The molecule has 0 atom stereocenters. The molecule has 1 amide bonds. The second-order valence-electron chi connectivity index (χ2n) is 8.40. The molecule has 1 aliphatic carbocycles. The van der Waals surface area contributed by atoms with Crippen LogP contribution in [0.3, 0.4) is 0 Å². The molecule has 1 fully saturated rings. The lowest BCUT2D eigenvalue weighted by Gasteiger charge is -2.30. The molecule has 8 nitrogen and oxygen atoms in total. The summed E-state index contributed by atoms with van der Waals surface area (Å²) in [5.41, 5.74) is 1.93. The first-order chi connectivity index (χ1) is 16.4. The zero-order valence-electron chi connectivity index (χ0n) is 18.7. The van der Waals surface area contributed by atoms with E-state index in [0.29, 0.717) is 27.9 Å². The zero-order chi connectivity index (χ0) is 23.7. The molecular formula is C24H25N3O5S2. The van der Waals surface area contributed by atoms with Crippen LogP contribution in [0.25, 0.3) is 11.3 Å². The smallest absolute Gasteiger partial charge is 0.257 e. The summed E-state index contributed by atoms with van der Waals surface area (Å²) in [6, 6.07) is 11.6. The van der Waals surface area contributed by atoms with Crippen molar-refractivity contribution in [1.29, 1.82) is 0 Å². The summed E-state index contributed by atoms with van der Waals surface area (Å²) in [4.78, 5) is 17.4. The van der Waals surface area contributed by atoms with Gasteiger partial charge in [0.05, 0.1) is 10.6 Å². The Morgan fingerprint density at radius 3 is 2.56 bits per heavy atom. The van der Waals surface area contributed by atoms with Crippen molar-refractivity contribution in [2.75, 3.05) is 19.2 Å². The number of rotatable bonds is 6. The van der Waals surface area contributed by atoms with Crippen molar-refractivity contribution in [3.05, 3.63) is 53.4 Å². The third-order valence-electron chi connectivity index (χ3n) is 6.28. The van der Waals surface area contributed by atoms with E-state index in [1.165, 1.54) is 39.9 Å². The molecule has 178 valence electrons. The summed E-state index contributed by atoms with van der Waals surface area (Å²) in [5, 5.41) is 5.09. The average Bonchev–Trinajstić information content (AvgIpc) is 3.53. The Labute approximate surface area is 202 Å². The molecule has 0 saturated heterocycles. The molecule has 34 heavy (non-hydrogen) atoms. The molecule has 0 bridgehead atoms. The van der Waals surface area contributed by atoms with Crippen LogP contribution in [0.1, 0.15) is 42.5 Å². The molecule has 1 aromatic heterocycles. The molecule has 0 unspecified atom stereocenters. The highest BCUT2D eigenvalue weighted by Gasteiger charge is 2.29. The van der Waals surface area contributed by atoms with Crippen LogP contribution < -0.4 is 14.8 Å². The molecule has 0 radical (unpaired) electrons. The lowest BCUT2D eigenvalue weighted by atomic mass is 9.96. The molecule has 3 aromatic rings. The molecule has 1 aliphatic heterocycles. The van der Waals surface area contributed by atoms with Gasteiger partial charge in [-0.3, -0.25) is 10.1 Å². The normalized spacial score (nSPS) is 16.1. The van der Waals surface area contributed by atoms with Gasteiger partial charge in [-0.1, -0.05) is 19.3 Å². The van der Waals surface area contributed by atoms with Gasteiger partial charge >= 0.3 is 0 Å². The second-order valence-corrected chi connectivity index (χ2v) is 11.3. The summed E-state index contributed by atoms with van der Waals surface area (Å²) in [6.45, 7) is 0.202. The van der Waals surface area contributed by atoms with Gasteiger partial charge in [-0.05, 0) is 55.3 Å². The maximum absolute atomic E-state index is 13.0. The van der Waals surface area contributed by atoms with Crippen molar-refractivity contribution in [3.63, 3.8) is 0 Å². The number of benzene rings is 2. The molecule has 2 aliphatic rings. The van der Waals surface area contributed by atoms with Gasteiger partial charge in [0, 0.05) is 29.6 Å². The fourth-order valence-electron chi connectivity index (χ4n) is 4.27. The Bertz CT molecular complexity index is 1300. The highest BCUT2D eigenvalue weighted by atomic mass is 32.2. The Hall–Kier alpha value is -2.95. The van der Waals surface area contributed by atoms with Gasteiger partial charge in [0.25, 0.3) is 5.91 Å². The summed E-state index contributed by atoms with van der Waals surface area (Å²) in [7, 11) is -1.95. The SMILES string of the molecule is CN(C1CCCCC1)S(=O)(=O)c1ccc(C(=O)Nc2nc(-c3ccc4c(c3)OCO4)cs2)cc1. The number of hydrogen-bond donors (Lipinski definition) is 1. The first-order valence-corrected chi connectivity index (χ1v) is 13.5. The van der Waals surface area contributed by atoms with Crippen LogP contribution in [0, 0.1) is 0 Å². The molecule has 0 spiro atoms.